The molecule has 1 aliphatic rings. The molecule has 0 atom stereocenters. The van der Waals surface area contributed by atoms with Gasteiger partial charge in [-0.15, -0.1) is 0 Å². The third kappa shape index (κ3) is 4.90. The summed E-state index contributed by atoms with van der Waals surface area (Å²) in [5.41, 5.74) is 3.72. The molecule has 2 aromatic rings. The van der Waals surface area contributed by atoms with Crippen LogP contribution >= 0.6 is 0 Å². The van der Waals surface area contributed by atoms with Gasteiger partial charge in [0.15, 0.2) is 5.78 Å². The molecule has 148 valence electrons. The van der Waals surface area contributed by atoms with E-state index in [9.17, 15) is 9.59 Å². The predicted octanol–water partition coefficient (Wildman–Crippen LogP) is 4.44. The molecule has 3 rings (SSSR count). The molecule has 30 heavy (non-hydrogen) atoms. The minimum atomic E-state index is -0.433. The summed E-state index contributed by atoms with van der Waals surface area (Å²) < 4.78 is 5.20. The second kappa shape index (κ2) is 9.49. The van der Waals surface area contributed by atoms with Crippen LogP contribution in [-0.4, -0.2) is 18.4 Å². The van der Waals surface area contributed by atoms with Crippen molar-refractivity contribution in [2.45, 2.75) is 19.8 Å². The van der Waals surface area contributed by atoms with Gasteiger partial charge in [0.1, 0.15) is 0 Å². The normalized spacial score (nSPS) is 18.6. The van der Waals surface area contributed by atoms with Gasteiger partial charge in [0.05, 0.1) is 35.8 Å². The van der Waals surface area contributed by atoms with E-state index in [1.54, 1.807) is 67.6 Å². The molecule has 1 fully saturated rings. The van der Waals surface area contributed by atoms with Gasteiger partial charge in [-0.3, -0.25) is 9.59 Å². The molecular weight excluding hydrogens is 376 g/mol. The summed E-state index contributed by atoms with van der Waals surface area (Å²) in [4.78, 5) is 25.5. The fourth-order valence-corrected chi connectivity index (χ4v) is 3.38. The van der Waals surface area contributed by atoms with Crippen LogP contribution in [0.25, 0.3) is 12.2 Å². The zero-order valence-electron chi connectivity index (χ0n) is 16.6. The maximum atomic E-state index is 13.1. The molecule has 0 saturated heterocycles. The zero-order valence-corrected chi connectivity index (χ0v) is 16.6. The van der Waals surface area contributed by atoms with E-state index in [-0.39, 0.29) is 18.4 Å². The van der Waals surface area contributed by atoms with Gasteiger partial charge in [0, 0.05) is 11.1 Å². The third-order valence-corrected chi connectivity index (χ3v) is 4.90. The van der Waals surface area contributed by atoms with Crippen molar-refractivity contribution in [1.82, 2.24) is 0 Å². The molecule has 0 amide bonds. The van der Waals surface area contributed by atoms with Crippen molar-refractivity contribution in [3.63, 3.8) is 0 Å². The lowest BCUT2D eigenvalue weighted by molar-refractivity contribution is -0.148. The van der Waals surface area contributed by atoms with Crippen molar-refractivity contribution in [3.05, 3.63) is 81.9 Å². The number of nitrogens with zero attached hydrogens (tertiary/aromatic N) is 2. The standard InChI is InChI=1S/C25H20N2O3/c1-2-30-25(29)23-13-21(11-17-3-7-19(15-26)8-4-17)24(28)22(14-23)12-18-5-9-20(16-27)10-6-18/h3-12,23H,2,13-14H2,1H3. The average molecular weight is 396 g/mol. The van der Waals surface area contributed by atoms with Gasteiger partial charge < -0.3 is 4.74 Å². The summed E-state index contributed by atoms with van der Waals surface area (Å²) >= 11 is 0. The van der Waals surface area contributed by atoms with Gasteiger partial charge in [0.25, 0.3) is 0 Å². The SMILES string of the molecule is CCOC(=O)C1CC(=Cc2ccc(C#N)cc2)C(=O)C(=Cc2ccc(C#N)cc2)C1. The van der Waals surface area contributed by atoms with Crippen LogP contribution in [-0.2, 0) is 14.3 Å². The van der Waals surface area contributed by atoms with E-state index in [0.717, 1.165) is 11.1 Å². The number of esters is 1. The largest absolute Gasteiger partial charge is 0.466 e. The number of carbonyl (C=O) groups is 2. The highest BCUT2D eigenvalue weighted by atomic mass is 16.5. The van der Waals surface area contributed by atoms with E-state index >= 15 is 0 Å². The Morgan fingerprint density at radius 1 is 0.933 bits per heavy atom. The Morgan fingerprint density at radius 2 is 1.37 bits per heavy atom. The maximum absolute atomic E-state index is 13.1. The van der Waals surface area contributed by atoms with Gasteiger partial charge >= 0.3 is 5.97 Å². The lowest BCUT2D eigenvalue weighted by atomic mass is 9.79. The highest BCUT2D eigenvalue weighted by Crippen LogP contribution is 2.33. The van der Waals surface area contributed by atoms with Gasteiger partial charge in [-0.2, -0.15) is 10.5 Å². The third-order valence-electron chi connectivity index (χ3n) is 4.90. The summed E-state index contributed by atoms with van der Waals surface area (Å²) in [5, 5.41) is 17.9. The number of ketones is 1. The lowest BCUT2D eigenvalue weighted by Gasteiger charge is -2.24. The lowest BCUT2D eigenvalue weighted by Crippen LogP contribution is -2.27. The number of Topliss-reactive ketones (excluding diaryl/α,β-unsaturated/α-hetero) is 1. The van der Waals surface area contributed by atoms with E-state index < -0.39 is 5.92 Å². The predicted molar refractivity (Wildman–Crippen MR) is 113 cm³/mol. The summed E-state index contributed by atoms with van der Waals surface area (Å²) in [6.45, 7) is 2.04. The topological polar surface area (TPSA) is 90.9 Å². The number of carbonyl (C=O) groups excluding carboxylic acids is 2. The second-order valence-corrected chi connectivity index (χ2v) is 6.99. The fraction of sp³-hybridized carbons (Fsp3) is 0.200. The summed E-state index contributed by atoms with van der Waals surface area (Å²) in [6, 6.07) is 18.0. The number of hydrogen-bond donors (Lipinski definition) is 0. The fourth-order valence-electron chi connectivity index (χ4n) is 3.38. The summed E-state index contributed by atoms with van der Waals surface area (Å²) in [6.07, 6.45) is 4.15. The van der Waals surface area contributed by atoms with Crippen LogP contribution < -0.4 is 0 Å². The molecule has 5 heteroatoms. The van der Waals surface area contributed by atoms with Crippen molar-refractivity contribution in [2.75, 3.05) is 6.61 Å². The molecule has 0 aromatic heterocycles. The summed E-state index contributed by atoms with van der Waals surface area (Å²) in [7, 11) is 0. The molecule has 0 radical (unpaired) electrons. The maximum Gasteiger partial charge on any atom is 0.309 e. The van der Waals surface area contributed by atoms with Crippen LogP contribution in [0.5, 0.6) is 0 Å². The Hall–Kier alpha value is -3.96. The quantitative estimate of drug-likeness (QED) is 0.563. The molecule has 5 nitrogen and oxygen atoms in total. The average Bonchev–Trinajstić information content (AvgIpc) is 2.77. The Kier molecular flexibility index (Phi) is 6.57. The molecule has 0 unspecified atom stereocenters. The Balaban J connectivity index is 1.96. The van der Waals surface area contributed by atoms with Crippen LogP contribution in [0, 0.1) is 28.6 Å². The van der Waals surface area contributed by atoms with E-state index in [1.165, 1.54) is 0 Å². The molecule has 0 N–H and O–H groups in total. The molecule has 1 aliphatic carbocycles. The molecule has 1 saturated carbocycles. The van der Waals surface area contributed by atoms with Gasteiger partial charge in [0.2, 0.25) is 0 Å². The van der Waals surface area contributed by atoms with Crippen LogP contribution in [0.2, 0.25) is 0 Å². The zero-order chi connectivity index (χ0) is 21.5. The highest BCUT2D eigenvalue weighted by Gasteiger charge is 2.32. The van der Waals surface area contributed by atoms with E-state index in [0.29, 0.717) is 35.1 Å². The number of ether oxygens (including phenoxy) is 1. The smallest absolute Gasteiger partial charge is 0.309 e. The van der Waals surface area contributed by atoms with E-state index in [4.69, 9.17) is 15.3 Å². The van der Waals surface area contributed by atoms with Crippen LogP contribution in [0.3, 0.4) is 0 Å². The van der Waals surface area contributed by atoms with Crippen molar-refractivity contribution in [3.8, 4) is 12.1 Å². The number of benzene rings is 2. The minimum Gasteiger partial charge on any atom is -0.466 e. The Bertz CT molecular complexity index is 1020. The molecule has 0 bridgehead atoms. The van der Waals surface area contributed by atoms with Gasteiger partial charge in [-0.05, 0) is 67.3 Å². The minimum absolute atomic E-state index is 0.107. The number of rotatable bonds is 4. The Morgan fingerprint density at radius 3 is 1.73 bits per heavy atom. The molecule has 0 heterocycles. The first-order valence-corrected chi connectivity index (χ1v) is 9.67. The first-order valence-electron chi connectivity index (χ1n) is 9.67. The molecule has 0 spiro atoms. The Labute approximate surface area is 175 Å². The molecule has 2 aromatic carbocycles. The first kappa shape index (κ1) is 20.8. The van der Waals surface area contributed by atoms with Crippen molar-refractivity contribution < 1.29 is 14.3 Å². The van der Waals surface area contributed by atoms with Crippen LogP contribution in [0.15, 0.2) is 59.7 Å². The van der Waals surface area contributed by atoms with Gasteiger partial charge in [-0.25, -0.2) is 0 Å². The number of nitriles is 2. The summed E-state index contributed by atoms with van der Waals surface area (Å²) in [5.74, 6) is -0.859. The van der Waals surface area contributed by atoms with Crippen LogP contribution in [0.4, 0.5) is 0 Å². The second-order valence-electron chi connectivity index (χ2n) is 6.99. The van der Waals surface area contributed by atoms with Gasteiger partial charge in [-0.1, -0.05) is 24.3 Å². The van der Waals surface area contributed by atoms with Crippen LogP contribution in [0.1, 0.15) is 42.0 Å². The number of allylic oxidation sites excluding steroid dienone is 2. The van der Waals surface area contributed by atoms with Crippen molar-refractivity contribution in [1.29, 1.82) is 10.5 Å². The van der Waals surface area contributed by atoms with Crippen molar-refractivity contribution >= 4 is 23.9 Å². The monoisotopic (exact) mass is 396 g/mol. The molecular formula is C25H20N2O3. The number of hydrogen-bond acceptors (Lipinski definition) is 5. The van der Waals surface area contributed by atoms with Crippen molar-refractivity contribution in [2.24, 2.45) is 5.92 Å². The molecule has 0 aliphatic heterocycles. The van der Waals surface area contributed by atoms with E-state index in [2.05, 4.69) is 12.1 Å². The highest BCUT2D eigenvalue weighted by molar-refractivity contribution is 6.14. The van der Waals surface area contributed by atoms with E-state index in [1.807, 2.05) is 0 Å². The first-order chi connectivity index (χ1) is 14.5.